The summed E-state index contributed by atoms with van der Waals surface area (Å²) < 4.78 is 38.4. The summed E-state index contributed by atoms with van der Waals surface area (Å²) in [4.78, 5) is 12.7. The smallest absolute Gasteiger partial charge is 0.395 e. The lowest BCUT2D eigenvalue weighted by molar-refractivity contribution is -0.230. The molecular formula is C10H15ClF3NO2. The number of nitrogens with zero attached hydrogens (tertiary/aromatic N) is 1. The molecule has 0 spiro atoms. The highest BCUT2D eigenvalue weighted by Gasteiger charge is 2.58. The average molecular weight is 274 g/mol. The maximum absolute atomic E-state index is 12.8. The second-order valence-electron chi connectivity index (χ2n) is 4.32. The van der Waals surface area contributed by atoms with E-state index in [4.69, 9.17) is 16.7 Å². The molecule has 3 nitrogen and oxygen atoms in total. The van der Waals surface area contributed by atoms with Crippen molar-refractivity contribution >= 4 is 17.5 Å². The highest BCUT2D eigenvalue weighted by Crippen LogP contribution is 2.45. The highest BCUT2D eigenvalue weighted by atomic mass is 35.5. The van der Waals surface area contributed by atoms with Crippen molar-refractivity contribution in [2.24, 2.45) is 5.41 Å². The Bertz CT molecular complexity index is 298. The lowest BCUT2D eigenvalue weighted by Crippen LogP contribution is -2.45. The van der Waals surface area contributed by atoms with Crippen molar-refractivity contribution in [3.63, 3.8) is 0 Å². The van der Waals surface area contributed by atoms with Gasteiger partial charge in [-0.3, -0.25) is 4.79 Å². The normalized spacial score (nSPS) is 27.3. The topological polar surface area (TPSA) is 40.5 Å². The van der Waals surface area contributed by atoms with Crippen LogP contribution in [0.4, 0.5) is 13.2 Å². The van der Waals surface area contributed by atoms with Gasteiger partial charge in [0.15, 0.2) is 0 Å². The van der Waals surface area contributed by atoms with Crippen LogP contribution in [-0.2, 0) is 4.79 Å². The van der Waals surface area contributed by atoms with Crippen molar-refractivity contribution in [2.45, 2.75) is 31.3 Å². The van der Waals surface area contributed by atoms with Gasteiger partial charge < -0.3 is 10.0 Å². The standard InChI is InChI=1S/C10H15ClF3NO2/c1-2-7(11)8(17)15-4-3-9(5-15,6-16)10(12,13)14/h7,16H,2-6H2,1H3/t7-,9+/m1/s1. The van der Waals surface area contributed by atoms with Gasteiger partial charge in [-0.05, 0) is 12.8 Å². The molecule has 0 saturated carbocycles. The average Bonchev–Trinajstić information content (AvgIpc) is 2.71. The van der Waals surface area contributed by atoms with Crippen molar-refractivity contribution in [1.29, 1.82) is 0 Å². The Morgan fingerprint density at radius 2 is 2.18 bits per heavy atom. The first-order chi connectivity index (χ1) is 7.77. The molecule has 17 heavy (non-hydrogen) atoms. The predicted octanol–water partition coefficient (Wildman–Crippen LogP) is 1.78. The summed E-state index contributed by atoms with van der Waals surface area (Å²) in [6, 6.07) is 0. The molecule has 100 valence electrons. The zero-order valence-electron chi connectivity index (χ0n) is 9.43. The number of aliphatic hydroxyl groups is 1. The SMILES string of the molecule is CC[C@@H](Cl)C(=O)N1CC[C@](CO)(C(F)(F)F)C1. The van der Waals surface area contributed by atoms with Crippen LogP contribution in [-0.4, -0.2) is 47.2 Å². The minimum Gasteiger partial charge on any atom is -0.395 e. The Labute approximate surface area is 103 Å². The van der Waals surface area contributed by atoms with Crippen molar-refractivity contribution in [3.05, 3.63) is 0 Å². The number of aliphatic hydroxyl groups excluding tert-OH is 1. The Balaban J connectivity index is 2.78. The fourth-order valence-electron chi connectivity index (χ4n) is 1.88. The molecule has 1 saturated heterocycles. The van der Waals surface area contributed by atoms with Gasteiger partial charge in [-0.25, -0.2) is 0 Å². The van der Waals surface area contributed by atoms with Gasteiger partial charge in [0.05, 0.1) is 6.61 Å². The molecule has 0 aromatic heterocycles. The van der Waals surface area contributed by atoms with E-state index in [2.05, 4.69) is 0 Å². The lowest BCUT2D eigenvalue weighted by Gasteiger charge is -2.29. The van der Waals surface area contributed by atoms with Gasteiger partial charge in [0.25, 0.3) is 0 Å². The fourth-order valence-corrected chi connectivity index (χ4v) is 2.02. The Morgan fingerprint density at radius 1 is 1.59 bits per heavy atom. The molecule has 1 amide bonds. The van der Waals surface area contributed by atoms with Crippen LogP contribution in [0.1, 0.15) is 19.8 Å². The fraction of sp³-hybridized carbons (Fsp3) is 0.900. The van der Waals surface area contributed by atoms with Gasteiger partial charge in [0.1, 0.15) is 10.8 Å². The number of amides is 1. The minimum atomic E-state index is -4.51. The summed E-state index contributed by atoms with van der Waals surface area (Å²) in [5.41, 5.74) is -2.19. The first kappa shape index (κ1) is 14.6. The molecule has 0 radical (unpaired) electrons. The molecule has 0 aromatic carbocycles. The second-order valence-corrected chi connectivity index (χ2v) is 4.85. The van der Waals surface area contributed by atoms with E-state index in [1.165, 1.54) is 0 Å². The van der Waals surface area contributed by atoms with E-state index in [0.717, 1.165) is 4.90 Å². The number of likely N-dealkylation sites (tertiary alicyclic amines) is 1. The van der Waals surface area contributed by atoms with Gasteiger partial charge in [-0.15, -0.1) is 11.6 Å². The molecule has 2 atom stereocenters. The Hall–Kier alpha value is -0.490. The van der Waals surface area contributed by atoms with Crippen LogP contribution in [0.15, 0.2) is 0 Å². The molecule has 1 fully saturated rings. The quantitative estimate of drug-likeness (QED) is 0.797. The number of carbonyl (C=O) groups is 1. The van der Waals surface area contributed by atoms with E-state index in [1.54, 1.807) is 6.92 Å². The summed E-state index contributed by atoms with van der Waals surface area (Å²) in [5.74, 6) is -0.492. The lowest BCUT2D eigenvalue weighted by atomic mass is 9.87. The molecule has 1 rings (SSSR count). The van der Waals surface area contributed by atoms with Crippen LogP contribution in [0.2, 0.25) is 0 Å². The number of alkyl halides is 4. The van der Waals surface area contributed by atoms with E-state index in [1.807, 2.05) is 0 Å². The molecule has 0 bridgehead atoms. The van der Waals surface area contributed by atoms with Crippen molar-refractivity contribution in [3.8, 4) is 0 Å². The summed E-state index contributed by atoms with van der Waals surface area (Å²) in [6.45, 7) is 0.172. The molecule has 1 aliphatic rings. The van der Waals surface area contributed by atoms with Crippen molar-refractivity contribution < 1.29 is 23.1 Å². The molecule has 0 aliphatic carbocycles. The molecule has 7 heteroatoms. The predicted molar refractivity (Wildman–Crippen MR) is 56.7 cm³/mol. The van der Waals surface area contributed by atoms with Crippen molar-refractivity contribution in [2.75, 3.05) is 19.7 Å². The summed E-state index contributed by atoms with van der Waals surface area (Å²) >= 11 is 5.71. The Kier molecular flexibility index (Phi) is 4.30. The van der Waals surface area contributed by atoms with Crippen LogP contribution in [0.3, 0.4) is 0 Å². The number of halogens is 4. The minimum absolute atomic E-state index is 0.0118. The van der Waals surface area contributed by atoms with Crippen LogP contribution >= 0.6 is 11.6 Å². The number of hydrogen-bond donors (Lipinski definition) is 1. The Morgan fingerprint density at radius 3 is 2.53 bits per heavy atom. The van der Waals surface area contributed by atoms with Crippen LogP contribution in [0.25, 0.3) is 0 Å². The third-order valence-corrected chi connectivity index (χ3v) is 3.69. The second kappa shape index (κ2) is 5.02. The van der Waals surface area contributed by atoms with Crippen LogP contribution < -0.4 is 0 Å². The molecular weight excluding hydrogens is 259 g/mol. The maximum atomic E-state index is 12.8. The number of carbonyl (C=O) groups excluding carboxylic acids is 1. The summed E-state index contributed by atoms with van der Waals surface area (Å²) in [7, 11) is 0. The number of hydrogen-bond acceptors (Lipinski definition) is 2. The summed E-state index contributed by atoms with van der Waals surface area (Å²) in [6.07, 6.45) is -4.41. The maximum Gasteiger partial charge on any atom is 0.398 e. The van der Waals surface area contributed by atoms with Gasteiger partial charge in [0.2, 0.25) is 5.91 Å². The molecule has 0 aromatic rings. The zero-order chi connectivity index (χ0) is 13.3. The highest BCUT2D eigenvalue weighted by molar-refractivity contribution is 6.30. The van der Waals surface area contributed by atoms with Gasteiger partial charge >= 0.3 is 6.18 Å². The third-order valence-electron chi connectivity index (χ3n) is 3.20. The molecule has 0 unspecified atom stereocenters. The van der Waals surface area contributed by atoms with E-state index in [-0.39, 0.29) is 13.0 Å². The monoisotopic (exact) mass is 273 g/mol. The summed E-state index contributed by atoms with van der Waals surface area (Å²) in [5, 5.41) is 8.16. The van der Waals surface area contributed by atoms with E-state index in [9.17, 15) is 18.0 Å². The van der Waals surface area contributed by atoms with Crippen LogP contribution in [0.5, 0.6) is 0 Å². The van der Waals surface area contributed by atoms with Crippen LogP contribution in [0, 0.1) is 5.41 Å². The first-order valence-corrected chi connectivity index (χ1v) is 5.81. The van der Waals surface area contributed by atoms with Gasteiger partial charge in [0, 0.05) is 13.1 Å². The zero-order valence-corrected chi connectivity index (χ0v) is 10.2. The first-order valence-electron chi connectivity index (χ1n) is 5.38. The number of rotatable bonds is 3. The largest absolute Gasteiger partial charge is 0.398 e. The van der Waals surface area contributed by atoms with E-state index < -0.39 is 36.0 Å². The van der Waals surface area contributed by atoms with Crippen molar-refractivity contribution in [1.82, 2.24) is 4.90 Å². The molecule has 1 N–H and O–H groups in total. The van der Waals surface area contributed by atoms with E-state index in [0.29, 0.717) is 6.42 Å². The molecule has 1 aliphatic heterocycles. The van der Waals surface area contributed by atoms with Gasteiger partial charge in [-0.2, -0.15) is 13.2 Å². The van der Waals surface area contributed by atoms with Gasteiger partial charge in [-0.1, -0.05) is 6.92 Å². The third kappa shape index (κ3) is 2.68. The van der Waals surface area contributed by atoms with E-state index >= 15 is 0 Å². The molecule has 1 heterocycles.